The Morgan fingerprint density at radius 1 is 1.67 bits per heavy atom. The highest BCUT2D eigenvalue weighted by Crippen LogP contribution is 2.23. The fraction of sp³-hybridized carbons (Fsp3) is 0.909. The molecule has 2 atom stereocenters. The summed E-state index contributed by atoms with van der Waals surface area (Å²) in [6.45, 7) is 9.34. The molecule has 1 fully saturated rings. The lowest BCUT2D eigenvalue weighted by atomic mass is 10.0. The fourth-order valence-corrected chi connectivity index (χ4v) is 2.08. The maximum Gasteiger partial charge on any atom is 0.236 e. The third-order valence-electron chi connectivity index (χ3n) is 2.75. The Morgan fingerprint density at radius 3 is 2.73 bits per heavy atom. The van der Waals surface area contributed by atoms with Crippen molar-refractivity contribution in [1.29, 1.82) is 0 Å². The zero-order chi connectivity index (χ0) is 11.6. The highest BCUT2D eigenvalue weighted by molar-refractivity contribution is 9.10. The molecule has 0 N–H and O–H groups in total. The molecule has 1 amide bonds. The van der Waals surface area contributed by atoms with Crippen LogP contribution < -0.4 is 0 Å². The van der Waals surface area contributed by atoms with Crippen molar-refractivity contribution < 1.29 is 9.53 Å². The SMILES string of the molecule is CCC1COC(C)(C)CN1C(=O)C(C)Br. The van der Waals surface area contributed by atoms with E-state index in [1.165, 1.54) is 0 Å². The van der Waals surface area contributed by atoms with Crippen LogP contribution in [0.1, 0.15) is 34.1 Å². The molecule has 2 unspecified atom stereocenters. The molecule has 1 aliphatic heterocycles. The van der Waals surface area contributed by atoms with Gasteiger partial charge >= 0.3 is 0 Å². The van der Waals surface area contributed by atoms with Crippen LogP contribution in [0.4, 0.5) is 0 Å². The van der Waals surface area contributed by atoms with Gasteiger partial charge in [0.15, 0.2) is 0 Å². The lowest BCUT2D eigenvalue weighted by Gasteiger charge is -2.44. The second-order valence-electron chi connectivity index (χ2n) is 4.71. The van der Waals surface area contributed by atoms with Crippen LogP contribution >= 0.6 is 15.9 Å². The molecule has 88 valence electrons. The molecule has 0 aromatic carbocycles. The van der Waals surface area contributed by atoms with E-state index < -0.39 is 0 Å². The van der Waals surface area contributed by atoms with E-state index in [9.17, 15) is 4.79 Å². The molecule has 0 aliphatic carbocycles. The van der Waals surface area contributed by atoms with E-state index in [0.717, 1.165) is 6.42 Å². The van der Waals surface area contributed by atoms with Gasteiger partial charge in [0.25, 0.3) is 0 Å². The molecule has 0 aromatic rings. The van der Waals surface area contributed by atoms with E-state index in [4.69, 9.17) is 4.74 Å². The Hall–Kier alpha value is -0.0900. The second-order valence-corrected chi connectivity index (χ2v) is 6.09. The van der Waals surface area contributed by atoms with Crippen LogP contribution in [0.25, 0.3) is 0 Å². The highest BCUT2D eigenvalue weighted by atomic mass is 79.9. The monoisotopic (exact) mass is 277 g/mol. The predicted octanol–water partition coefficient (Wildman–Crippen LogP) is 2.19. The molecule has 1 heterocycles. The minimum atomic E-state index is -0.219. The van der Waals surface area contributed by atoms with Crippen LogP contribution in [0.2, 0.25) is 0 Å². The van der Waals surface area contributed by atoms with Crippen molar-refractivity contribution in [3.8, 4) is 0 Å². The molecule has 1 aliphatic rings. The number of carbonyl (C=O) groups is 1. The molecule has 1 saturated heterocycles. The van der Waals surface area contributed by atoms with Gasteiger partial charge in [0, 0.05) is 6.54 Å². The number of carbonyl (C=O) groups excluding carboxylic acids is 1. The van der Waals surface area contributed by atoms with Crippen LogP contribution in [-0.4, -0.2) is 40.4 Å². The number of ether oxygens (including phenoxy) is 1. The minimum Gasteiger partial charge on any atom is -0.372 e. The third kappa shape index (κ3) is 3.18. The van der Waals surface area contributed by atoms with Gasteiger partial charge in [-0.2, -0.15) is 0 Å². The van der Waals surface area contributed by atoms with Crippen molar-refractivity contribution in [2.45, 2.75) is 50.6 Å². The first kappa shape index (κ1) is 13.0. The summed E-state index contributed by atoms with van der Waals surface area (Å²) in [5.74, 6) is 0.165. The first-order chi connectivity index (χ1) is 6.87. The van der Waals surface area contributed by atoms with Gasteiger partial charge in [-0.15, -0.1) is 0 Å². The van der Waals surface area contributed by atoms with Crippen LogP contribution in [0.5, 0.6) is 0 Å². The van der Waals surface area contributed by atoms with Crippen LogP contribution in [0.15, 0.2) is 0 Å². The fourth-order valence-electron chi connectivity index (χ4n) is 1.82. The largest absolute Gasteiger partial charge is 0.372 e. The van der Waals surface area contributed by atoms with E-state index in [2.05, 4.69) is 22.9 Å². The van der Waals surface area contributed by atoms with E-state index in [-0.39, 0.29) is 22.4 Å². The molecular weight excluding hydrogens is 258 g/mol. The summed E-state index contributed by atoms with van der Waals surface area (Å²) in [6, 6.07) is 0.227. The Balaban J connectivity index is 2.76. The maximum absolute atomic E-state index is 12.0. The van der Waals surface area contributed by atoms with Gasteiger partial charge < -0.3 is 9.64 Å². The maximum atomic E-state index is 12.0. The van der Waals surface area contributed by atoms with Crippen molar-refractivity contribution in [2.24, 2.45) is 0 Å². The lowest BCUT2D eigenvalue weighted by Crippen LogP contribution is -2.57. The normalized spacial score (nSPS) is 27.5. The first-order valence-electron chi connectivity index (χ1n) is 5.46. The highest BCUT2D eigenvalue weighted by Gasteiger charge is 2.36. The van der Waals surface area contributed by atoms with Crippen molar-refractivity contribution in [3.63, 3.8) is 0 Å². The number of halogens is 1. The standard InChI is InChI=1S/C11H20BrNO2/c1-5-9-6-15-11(3,4)7-13(9)10(14)8(2)12/h8-9H,5-7H2,1-4H3. The van der Waals surface area contributed by atoms with E-state index in [1.807, 2.05) is 25.7 Å². The number of nitrogens with zero attached hydrogens (tertiary/aromatic N) is 1. The van der Waals surface area contributed by atoms with E-state index in [0.29, 0.717) is 13.2 Å². The molecule has 0 radical (unpaired) electrons. The van der Waals surface area contributed by atoms with Gasteiger partial charge in [-0.05, 0) is 27.2 Å². The number of rotatable bonds is 2. The van der Waals surface area contributed by atoms with Gasteiger partial charge in [0.05, 0.1) is 23.1 Å². The van der Waals surface area contributed by atoms with Gasteiger partial charge in [0.2, 0.25) is 5.91 Å². The van der Waals surface area contributed by atoms with E-state index in [1.54, 1.807) is 0 Å². The summed E-state index contributed by atoms with van der Waals surface area (Å²) in [5, 5.41) is 0. The number of hydrogen-bond donors (Lipinski definition) is 0. The topological polar surface area (TPSA) is 29.5 Å². The molecule has 0 saturated carbocycles. The number of morpholine rings is 1. The smallest absolute Gasteiger partial charge is 0.236 e. The van der Waals surface area contributed by atoms with Crippen molar-refractivity contribution in [1.82, 2.24) is 4.90 Å². The molecule has 3 nitrogen and oxygen atoms in total. The van der Waals surface area contributed by atoms with Crippen LogP contribution in [-0.2, 0) is 9.53 Å². The van der Waals surface area contributed by atoms with Gasteiger partial charge in [-0.25, -0.2) is 0 Å². The minimum absolute atomic E-state index is 0.111. The first-order valence-corrected chi connectivity index (χ1v) is 6.37. The van der Waals surface area contributed by atoms with Crippen LogP contribution in [0, 0.1) is 0 Å². The summed E-state index contributed by atoms with van der Waals surface area (Å²) >= 11 is 3.34. The molecule has 0 aromatic heterocycles. The van der Waals surface area contributed by atoms with E-state index >= 15 is 0 Å². The summed E-state index contributed by atoms with van der Waals surface area (Å²) in [4.78, 5) is 13.8. The summed E-state index contributed by atoms with van der Waals surface area (Å²) in [7, 11) is 0. The number of hydrogen-bond acceptors (Lipinski definition) is 2. The van der Waals surface area contributed by atoms with Crippen molar-refractivity contribution in [2.75, 3.05) is 13.2 Å². The summed E-state index contributed by atoms with van der Waals surface area (Å²) in [6.07, 6.45) is 0.946. The van der Waals surface area contributed by atoms with Crippen molar-refractivity contribution in [3.05, 3.63) is 0 Å². The quantitative estimate of drug-likeness (QED) is 0.725. The average molecular weight is 278 g/mol. The molecular formula is C11H20BrNO2. The molecule has 4 heteroatoms. The number of amides is 1. The lowest BCUT2D eigenvalue weighted by molar-refractivity contribution is -0.155. The Labute approximate surface area is 100 Å². The molecule has 15 heavy (non-hydrogen) atoms. The molecule has 0 spiro atoms. The summed E-state index contributed by atoms with van der Waals surface area (Å²) in [5.41, 5.74) is -0.219. The zero-order valence-electron chi connectivity index (χ0n) is 9.92. The summed E-state index contributed by atoms with van der Waals surface area (Å²) < 4.78 is 5.72. The third-order valence-corrected chi connectivity index (χ3v) is 3.14. The Morgan fingerprint density at radius 2 is 2.27 bits per heavy atom. The second kappa shape index (κ2) is 4.83. The van der Waals surface area contributed by atoms with Gasteiger partial charge in [-0.1, -0.05) is 22.9 Å². The Bertz CT molecular complexity index is 241. The number of alkyl halides is 1. The predicted molar refractivity (Wildman–Crippen MR) is 64.2 cm³/mol. The van der Waals surface area contributed by atoms with Crippen LogP contribution in [0.3, 0.4) is 0 Å². The molecule has 1 rings (SSSR count). The Kier molecular flexibility index (Phi) is 4.18. The molecule has 0 bridgehead atoms. The zero-order valence-corrected chi connectivity index (χ0v) is 11.5. The average Bonchev–Trinajstić information content (AvgIpc) is 2.15. The van der Waals surface area contributed by atoms with Crippen molar-refractivity contribution >= 4 is 21.8 Å². The van der Waals surface area contributed by atoms with Gasteiger partial charge in [-0.3, -0.25) is 4.79 Å². The van der Waals surface area contributed by atoms with Gasteiger partial charge in [0.1, 0.15) is 0 Å².